The number of amidine groups is 1. The van der Waals surface area contributed by atoms with Crippen LogP contribution in [-0.2, 0) is 0 Å². The predicted octanol–water partition coefficient (Wildman–Crippen LogP) is 1.12. The summed E-state index contributed by atoms with van der Waals surface area (Å²) in [5.41, 5.74) is 5.72. The van der Waals surface area contributed by atoms with Gasteiger partial charge in [0.2, 0.25) is 0 Å². The number of nitrogens with two attached hydrogens (primary N) is 1. The number of hydrogen-bond donors (Lipinski definition) is 2. The van der Waals surface area contributed by atoms with E-state index in [9.17, 15) is 0 Å². The van der Waals surface area contributed by atoms with Gasteiger partial charge in [0.25, 0.3) is 0 Å². The van der Waals surface area contributed by atoms with Crippen molar-refractivity contribution in [1.29, 1.82) is 0 Å². The first-order valence-electron chi connectivity index (χ1n) is 4.67. The summed E-state index contributed by atoms with van der Waals surface area (Å²) in [7, 11) is 0. The summed E-state index contributed by atoms with van der Waals surface area (Å²) in [5, 5.41) is 12.1. The summed E-state index contributed by atoms with van der Waals surface area (Å²) in [6.07, 6.45) is 6.44. The first-order chi connectivity index (χ1) is 8.29. The van der Waals surface area contributed by atoms with E-state index in [1.54, 1.807) is 18.6 Å². The maximum absolute atomic E-state index is 8.48. The van der Waals surface area contributed by atoms with Crippen LogP contribution in [0, 0.1) is 0 Å². The summed E-state index contributed by atoms with van der Waals surface area (Å²) in [4.78, 5) is 13.1. The topological polar surface area (TPSA) is 97.3 Å². The van der Waals surface area contributed by atoms with Crippen molar-refractivity contribution in [3.05, 3.63) is 42.6 Å². The Bertz CT molecular complexity index is 514. The molecule has 2 aromatic heterocycles. The summed E-state index contributed by atoms with van der Waals surface area (Å²) >= 11 is 1.46. The molecule has 86 valence electrons. The smallest absolute Gasteiger partial charge is 0.190 e. The lowest BCUT2D eigenvalue weighted by Gasteiger charge is -2.01. The zero-order valence-electron chi connectivity index (χ0n) is 8.69. The Morgan fingerprint density at radius 1 is 1.24 bits per heavy atom. The van der Waals surface area contributed by atoms with Crippen LogP contribution in [0.5, 0.6) is 0 Å². The van der Waals surface area contributed by atoms with Gasteiger partial charge >= 0.3 is 0 Å². The Kier molecular flexibility index (Phi) is 3.51. The van der Waals surface area contributed by atoms with Crippen LogP contribution in [0.15, 0.2) is 52.0 Å². The average molecular weight is 247 g/mol. The van der Waals surface area contributed by atoms with Crippen molar-refractivity contribution < 1.29 is 5.21 Å². The normalized spacial score (nSPS) is 11.4. The lowest BCUT2D eigenvalue weighted by molar-refractivity contribution is 0.318. The molecular weight excluding hydrogens is 238 g/mol. The van der Waals surface area contributed by atoms with E-state index >= 15 is 0 Å². The molecule has 0 spiro atoms. The first-order valence-corrected chi connectivity index (χ1v) is 5.49. The fourth-order valence-electron chi connectivity index (χ4n) is 1.08. The van der Waals surface area contributed by atoms with E-state index in [0.717, 1.165) is 9.92 Å². The molecule has 17 heavy (non-hydrogen) atoms. The maximum atomic E-state index is 8.48. The molecule has 2 aromatic rings. The zero-order chi connectivity index (χ0) is 12.1. The quantitative estimate of drug-likeness (QED) is 0.365. The highest BCUT2D eigenvalue weighted by Crippen LogP contribution is 2.23. The molecule has 0 atom stereocenters. The molecule has 0 aliphatic carbocycles. The third kappa shape index (κ3) is 2.91. The van der Waals surface area contributed by atoms with E-state index < -0.39 is 0 Å². The van der Waals surface area contributed by atoms with E-state index in [1.807, 2.05) is 12.1 Å². The van der Waals surface area contributed by atoms with Gasteiger partial charge in [-0.1, -0.05) is 16.9 Å². The van der Waals surface area contributed by atoms with E-state index in [1.165, 1.54) is 18.0 Å². The van der Waals surface area contributed by atoms with Gasteiger partial charge in [-0.05, 0) is 12.1 Å². The molecule has 0 aromatic carbocycles. The average Bonchev–Trinajstić information content (AvgIpc) is 2.40. The summed E-state index contributed by atoms with van der Waals surface area (Å²) in [6, 6.07) is 3.76. The third-order valence-corrected chi connectivity index (χ3v) is 2.80. The van der Waals surface area contributed by atoms with Gasteiger partial charge in [0, 0.05) is 17.3 Å². The summed E-state index contributed by atoms with van der Waals surface area (Å²) < 4.78 is 0. The van der Waals surface area contributed by atoms with Crippen molar-refractivity contribution in [3.63, 3.8) is 0 Å². The molecule has 3 N–H and O–H groups in total. The second kappa shape index (κ2) is 5.26. The number of oxime groups is 1. The Labute approximate surface area is 102 Å². The van der Waals surface area contributed by atoms with Crippen LogP contribution in [0.1, 0.15) is 5.69 Å². The Morgan fingerprint density at radius 2 is 2.00 bits per heavy atom. The molecule has 0 bridgehead atoms. The number of rotatable bonds is 3. The van der Waals surface area contributed by atoms with Crippen LogP contribution in [-0.4, -0.2) is 26.0 Å². The van der Waals surface area contributed by atoms with Crippen molar-refractivity contribution in [2.24, 2.45) is 10.9 Å². The number of hydrogen-bond acceptors (Lipinski definition) is 6. The zero-order valence-corrected chi connectivity index (χ0v) is 9.50. The standard InChI is InChI=1S/C10H9N5OS/c11-10(15-16)8-5-14-9(6-13-8)17-7-1-3-12-4-2-7/h1-6,16H,(H2,11,15). The van der Waals surface area contributed by atoms with Crippen LogP contribution < -0.4 is 5.73 Å². The molecule has 7 heteroatoms. The van der Waals surface area contributed by atoms with Gasteiger partial charge in [0.1, 0.15) is 10.7 Å². The van der Waals surface area contributed by atoms with Gasteiger partial charge in [0.15, 0.2) is 5.84 Å². The lowest BCUT2D eigenvalue weighted by Crippen LogP contribution is -2.15. The fourth-order valence-corrected chi connectivity index (χ4v) is 1.79. The Balaban J connectivity index is 2.14. The van der Waals surface area contributed by atoms with Gasteiger partial charge in [0.05, 0.1) is 12.4 Å². The molecule has 0 radical (unpaired) electrons. The van der Waals surface area contributed by atoms with Crippen molar-refractivity contribution in [3.8, 4) is 0 Å². The summed E-state index contributed by atoms with van der Waals surface area (Å²) in [6.45, 7) is 0. The van der Waals surface area contributed by atoms with Gasteiger partial charge in [-0.2, -0.15) is 0 Å². The van der Waals surface area contributed by atoms with Gasteiger partial charge < -0.3 is 10.9 Å². The molecule has 0 saturated carbocycles. The van der Waals surface area contributed by atoms with Crippen LogP contribution in [0.3, 0.4) is 0 Å². The van der Waals surface area contributed by atoms with Gasteiger partial charge in [-0.3, -0.25) is 4.98 Å². The van der Waals surface area contributed by atoms with Crippen molar-refractivity contribution >= 4 is 17.6 Å². The first kappa shape index (κ1) is 11.3. The van der Waals surface area contributed by atoms with Crippen LogP contribution >= 0.6 is 11.8 Å². The minimum absolute atomic E-state index is 0.0574. The number of nitrogens with zero attached hydrogens (tertiary/aromatic N) is 4. The second-order valence-corrected chi connectivity index (χ2v) is 4.10. The van der Waals surface area contributed by atoms with Crippen LogP contribution in [0.4, 0.5) is 0 Å². The monoisotopic (exact) mass is 247 g/mol. The van der Waals surface area contributed by atoms with E-state index in [0.29, 0.717) is 5.69 Å². The summed E-state index contributed by atoms with van der Waals surface area (Å²) in [5.74, 6) is -0.0574. The van der Waals surface area contributed by atoms with E-state index in [-0.39, 0.29) is 5.84 Å². The molecule has 0 aliphatic rings. The molecule has 6 nitrogen and oxygen atoms in total. The van der Waals surface area contributed by atoms with Gasteiger partial charge in [-0.15, -0.1) is 0 Å². The third-order valence-electron chi connectivity index (χ3n) is 1.87. The number of aromatic nitrogens is 3. The molecule has 0 amide bonds. The molecule has 0 unspecified atom stereocenters. The highest BCUT2D eigenvalue weighted by atomic mass is 32.2. The molecule has 2 rings (SSSR count). The molecule has 0 aliphatic heterocycles. The van der Waals surface area contributed by atoms with Crippen molar-refractivity contribution in [2.75, 3.05) is 0 Å². The largest absolute Gasteiger partial charge is 0.409 e. The second-order valence-electron chi connectivity index (χ2n) is 3.01. The minimum atomic E-state index is -0.0574. The SMILES string of the molecule is NC(=NO)c1cnc(Sc2ccncc2)cn1. The van der Waals surface area contributed by atoms with Crippen LogP contribution in [0.2, 0.25) is 0 Å². The predicted molar refractivity (Wildman–Crippen MR) is 62.9 cm³/mol. The molecule has 0 fully saturated rings. The van der Waals surface area contributed by atoms with E-state index in [2.05, 4.69) is 20.1 Å². The fraction of sp³-hybridized carbons (Fsp3) is 0. The highest BCUT2D eigenvalue weighted by molar-refractivity contribution is 7.99. The Morgan fingerprint density at radius 3 is 2.59 bits per heavy atom. The minimum Gasteiger partial charge on any atom is -0.409 e. The molecular formula is C10H9N5OS. The maximum Gasteiger partial charge on any atom is 0.190 e. The molecule has 0 saturated heterocycles. The van der Waals surface area contributed by atoms with Crippen LogP contribution in [0.25, 0.3) is 0 Å². The number of pyridine rings is 1. The van der Waals surface area contributed by atoms with Crippen molar-refractivity contribution in [2.45, 2.75) is 9.92 Å². The van der Waals surface area contributed by atoms with E-state index in [4.69, 9.17) is 10.9 Å². The Hall–Kier alpha value is -2.15. The lowest BCUT2D eigenvalue weighted by atomic mass is 10.4. The molecule has 2 heterocycles. The van der Waals surface area contributed by atoms with Crippen molar-refractivity contribution in [1.82, 2.24) is 15.0 Å². The van der Waals surface area contributed by atoms with Gasteiger partial charge in [-0.25, -0.2) is 9.97 Å². The highest BCUT2D eigenvalue weighted by Gasteiger charge is 2.03.